The van der Waals surface area contributed by atoms with Crippen LogP contribution in [-0.2, 0) is 9.53 Å². The predicted octanol–water partition coefficient (Wildman–Crippen LogP) is 3.68. The van der Waals surface area contributed by atoms with Gasteiger partial charge in [-0.1, -0.05) is 18.2 Å². The standard InChI is InChI=1S/C20H23NO5/c1-3-25-19(23)9-6-12-26-18-8-5-4-7-16(18)20(24)21-15-11-10-14(2)17(22)13-15/h4-5,7-8,10-11,13,22H,3,6,9,12H2,1-2H3,(H,21,24). The molecule has 2 N–H and O–H groups in total. The molecule has 2 aromatic carbocycles. The van der Waals surface area contributed by atoms with E-state index in [1.807, 2.05) is 0 Å². The maximum Gasteiger partial charge on any atom is 0.305 e. The maximum absolute atomic E-state index is 12.5. The second kappa shape index (κ2) is 9.46. The van der Waals surface area contributed by atoms with E-state index in [2.05, 4.69) is 5.32 Å². The fraction of sp³-hybridized carbons (Fsp3) is 0.300. The minimum absolute atomic E-state index is 0.117. The number of benzene rings is 2. The molecule has 0 saturated carbocycles. The number of carbonyl (C=O) groups is 2. The van der Waals surface area contributed by atoms with E-state index in [4.69, 9.17) is 9.47 Å². The molecule has 0 aromatic heterocycles. The van der Waals surface area contributed by atoms with E-state index in [0.717, 1.165) is 5.56 Å². The summed E-state index contributed by atoms with van der Waals surface area (Å²) in [6.45, 7) is 4.20. The molecule has 2 rings (SSSR count). The van der Waals surface area contributed by atoms with Crippen LogP contribution in [0.5, 0.6) is 11.5 Å². The number of aromatic hydroxyl groups is 1. The van der Waals surface area contributed by atoms with Gasteiger partial charge < -0.3 is 19.9 Å². The van der Waals surface area contributed by atoms with Crippen molar-refractivity contribution in [1.29, 1.82) is 0 Å². The van der Waals surface area contributed by atoms with Crippen LogP contribution in [0.4, 0.5) is 5.69 Å². The first-order chi connectivity index (χ1) is 12.5. The summed E-state index contributed by atoms with van der Waals surface area (Å²) in [4.78, 5) is 23.8. The van der Waals surface area contributed by atoms with Gasteiger partial charge in [0.2, 0.25) is 0 Å². The second-order valence-corrected chi connectivity index (χ2v) is 5.71. The molecule has 0 bridgehead atoms. The number of hydrogen-bond donors (Lipinski definition) is 2. The molecule has 0 aliphatic carbocycles. The lowest BCUT2D eigenvalue weighted by Gasteiger charge is -2.12. The molecule has 0 aliphatic heterocycles. The molecule has 0 atom stereocenters. The predicted molar refractivity (Wildman–Crippen MR) is 98.6 cm³/mol. The third kappa shape index (κ3) is 5.51. The Labute approximate surface area is 152 Å². The van der Waals surface area contributed by atoms with Crippen molar-refractivity contribution in [1.82, 2.24) is 0 Å². The number of aryl methyl sites for hydroxylation is 1. The fourth-order valence-corrected chi connectivity index (χ4v) is 2.30. The van der Waals surface area contributed by atoms with Crippen LogP contribution in [0.15, 0.2) is 42.5 Å². The third-order valence-electron chi connectivity index (χ3n) is 3.69. The third-order valence-corrected chi connectivity index (χ3v) is 3.69. The van der Waals surface area contributed by atoms with Crippen LogP contribution in [0.1, 0.15) is 35.7 Å². The van der Waals surface area contributed by atoms with Crippen LogP contribution >= 0.6 is 0 Å². The van der Waals surface area contributed by atoms with E-state index >= 15 is 0 Å². The smallest absolute Gasteiger partial charge is 0.305 e. The van der Waals surface area contributed by atoms with Crippen molar-refractivity contribution in [3.63, 3.8) is 0 Å². The van der Waals surface area contributed by atoms with E-state index in [1.165, 1.54) is 6.07 Å². The van der Waals surface area contributed by atoms with E-state index in [-0.39, 0.29) is 24.0 Å². The van der Waals surface area contributed by atoms with Gasteiger partial charge in [-0.2, -0.15) is 0 Å². The number of amides is 1. The van der Waals surface area contributed by atoms with Gasteiger partial charge in [0.05, 0.1) is 18.8 Å². The van der Waals surface area contributed by atoms with Crippen molar-refractivity contribution in [2.75, 3.05) is 18.5 Å². The van der Waals surface area contributed by atoms with Crippen LogP contribution in [0.3, 0.4) is 0 Å². The summed E-state index contributed by atoms with van der Waals surface area (Å²) in [5, 5.41) is 12.5. The molecule has 1 amide bonds. The molecular weight excluding hydrogens is 334 g/mol. The van der Waals surface area contributed by atoms with Crippen LogP contribution in [0, 0.1) is 6.92 Å². The monoisotopic (exact) mass is 357 g/mol. The Balaban J connectivity index is 1.97. The number of ether oxygens (including phenoxy) is 2. The molecule has 0 heterocycles. The minimum Gasteiger partial charge on any atom is -0.508 e. The van der Waals surface area contributed by atoms with E-state index in [9.17, 15) is 14.7 Å². The Hall–Kier alpha value is -3.02. The average Bonchev–Trinajstić information content (AvgIpc) is 2.62. The van der Waals surface area contributed by atoms with Gasteiger partial charge in [-0.3, -0.25) is 9.59 Å². The number of phenols is 1. The summed E-state index contributed by atoms with van der Waals surface area (Å²) in [7, 11) is 0. The van der Waals surface area contributed by atoms with Crippen molar-refractivity contribution in [2.24, 2.45) is 0 Å². The van der Waals surface area contributed by atoms with Gasteiger partial charge >= 0.3 is 5.97 Å². The van der Waals surface area contributed by atoms with Gasteiger partial charge in [-0.15, -0.1) is 0 Å². The molecule has 138 valence electrons. The molecule has 6 heteroatoms. The largest absolute Gasteiger partial charge is 0.508 e. The Morgan fingerprint density at radius 2 is 1.92 bits per heavy atom. The first-order valence-corrected chi connectivity index (χ1v) is 8.49. The zero-order valence-electron chi connectivity index (χ0n) is 15.0. The summed E-state index contributed by atoms with van der Waals surface area (Å²) in [5.41, 5.74) is 1.60. The summed E-state index contributed by atoms with van der Waals surface area (Å²) in [6, 6.07) is 11.8. The normalized spacial score (nSPS) is 10.2. The van der Waals surface area contributed by atoms with Crippen molar-refractivity contribution in [3.8, 4) is 11.5 Å². The highest BCUT2D eigenvalue weighted by molar-refractivity contribution is 6.06. The van der Waals surface area contributed by atoms with Crippen LogP contribution in [-0.4, -0.2) is 30.2 Å². The van der Waals surface area contributed by atoms with Gasteiger partial charge in [-0.25, -0.2) is 0 Å². The summed E-state index contributed by atoms with van der Waals surface area (Å²) >= 11 is 0. The molecular formula is C20H23NO5. The lowest BCUT2D eigenvalue weighted by molar-refractivity contribution is -0.143. The Bertz CT molecular complexity index is 773. The number of para-hydroxylation sites is 1. The molecule has 0 spiro atoms. The second-order valence-electron chi connectivity index (χ2n) is 5.71. The number of carbonyl (C=O) groups excluding carboxylic acids is 2. The average molecular weight is 357 g/mol. The Morgan fingerprint density at radius 1 is 1.15 bits per heavy atom. The van der Waals surface area contributed by atoms with Gasteiger partial charge in [0.15, 0.2) is 0 Å². The highest BCUT2D eigenvalue weighted by Crippen LogP contribution is 2.23. The highest BCUT2D eigenvalue weighted by Gasteiger charge is 2.13. The van der Waals surface area contributed by atoms with Gasteiger partial charge in [0.1, 0.15) is 11.5 Å². The summed E-state index contributed by atoms with van der Waals surface area (Å²) in [6.07, 6.45) is 0.769. The number of rotatable bonds is 8. The van der Waals surface area contributed by atoms with Gasteiger partial charge in [0.25, 0.3) is 5.91 Å². The molecule has 6 nitrogen and oxygen atoms in total. The highest BCUT2D eigenvalue weighted by atomic mass is 16.5. The molecule has 0 fully saturated rings. The van der Waals surface area contributed by atoms with Crippen LogP contribution in [0.2, 0.25) is 0 Å². The van der Waals surface area contributed by atoms with Crippen molar-refractivity contribution in [2.45, 2.75) is 26.7 Å². The number of anilines is 1. The van der Waals surface area contributed by atoms with E-state index in [1.54, 1.807) is 50.2 Å². The summed E-state index contributed by atoms with van der Waals surface area (Å²) in [5.74, 6) is -0.0490. The summed E-state index contributed by atoms with van der Waals surface area (Å²) < 4.78 is 10.5. The quantitative estimate of drug-likeness (QED) is 0.556. The lowest BCUT2D eigenvalue weighted by atomic mass is 10.1. The fourth-order valence-electron chi connectivity index (χ4n) is 2.30. The molecule has 0 unspecified atom stereocenters. The number of esters is 1. The van der Waals surface area contributed by atoms with Crippen molar-refractivity contribution < 1.29 is 24.2 Å². The SMILES string of the molecule is CCOC(=O)CCCOc1ccccc1C(=O)Nc1ccc(C)c(O)c1. The zero-order chi connectivity index (χ0) is 18.9. The van der Waals surface area contributed by atoms with Gasteiger partial charge in [-0.05, 0) is 44.0 Å². The molecule has 0 aliphatic rings. The lowest BCUT2D eigenvalue weighted by Crippen LogP contribution is -2.14. The van der Waals surface area contributed by atoms with Crippen molar-refractivity contribution in [3.05, 3.63) is 53.6 Å². The Morgan fingerprint density at radius 3 is 2.65 bits per heavy atom. The van der Waals surface area contributed by atoms with Gasteiger partial charge in [0, 0.05) is 18.2 Å². The maximum atomic E-state index is 12.5. The molecule has 26 heavy (non-hydrogen) atoms. The zero-order valence-corrected chi connectivity index (χ0v) is 15.0. The van der Waals surface area contributed by atoms with E-state index in [0.29, 0.717) is 36.6 Å². The molecule has 0 radical (unpaired) electrons. The number of phenolic OH excluding ortho intramolecular Hbond substituents is 1. The Kier molecular flexibility index (Phi) is 7.02. The first kappa shape index (κ1) is 19.3. The number of nitrogens with one attached hydrogen (secondary N) is 1. The van der Waals surface area contributed by atoms with E-state index < -0.39 is 0 Å². The first-order valence-electron chi connectivity index (χ1n) is 8.49. The van der Waals surface area contributed by atoms with Crippen molar-refractivity contribution >= 4 is 17.6 Å². The topological polar surface area (TPSA) is 84.9 Å². The molecule has 2 aromatic rings. The molecule has 0 saturated heterocycles. The van der Waals surface area contributed by atoms with Crippen LogP contribution < -0.4 is 10.1 Å². The van der Waals surface area contributed by atoms with Crippen LogP contribution in [0.25, 0.3) is 0 Å². The minimum atomic E-state index is -0.339. The number of hydrogen-bond acceptors (Lipinski definition) is 5.